The minimum atomic E-state index is -0.0934. The van der Waals surface area contributed by atoms with Crippen LogP contribution >= 0.6 is 0 Å². The van der Waals surface area contributed by atoms with Crippen molar-refractivity contribution in [3.05, 3.63) is 17.5 Å². The molecule has 0 spiro atoms. The van der Waals surface area contributed by atoms with Gasteiger partial charge in [-0.1, -0.05) is 20.8 Å². The maximum Gasteiger partial charge on any atom is 0.140 e. The zero-order valence-electron chi connectivity index (χ0n) is 12.2. The van der Waals surface area contributed by atoms with Crippen LogP contribution in [0.15, 0.2) is 6.07 Å². The molecule has 4 nitrogen and oxygen atoms in total. The minimum absolute atomic E-state index is 0.0312. The molecule has 0 bridgehead atoms. The molecule has 0 aromatic carbocycles. The van der Waals surface area contributed by atoms with Crippen LogP contribution in [-0.2, 0) is 17.8 Å². The van der Waals surface area contributed by atoms with Crippen molar-refractivity contribution in [1.82, 2.24) is 9.78 Å². The van der Waals surface area contributed by atoms with Crippen LogP contribution in [-0.4, -0.2) is 21.6 Å². The van der Waals surface area contributed by atoms with Crippen molar-refractivity contribution < 1.29 is 4.79 Å². The Hall–Kier alpha value is -1.16. The highest BCUT2D eigenvalue weighted by Gasteiger charge is 2.23. The number of nitrogens with zero attached hydrogens (tertiary/aromatic N) is 2. The van der Waals surface area contributed by atoms with Gasteiger partial charge in [-0.05, 0) is 25.3 Å². The average molecular weight is 251 g/mol. The lowest BCUT2D eigenvalue weighted by Gasteiger charge is -2.26. The number of carbonyl (C=O) groups is 1. The van der Waals surface area contributed by atoms with E-state index in [1.165, 1.54) is 0 Å². The van der Waals surface area contributed by atoms with Crippen molar-refractivity contribution in [2.75, 3.05) is 0 Å². The van der Waals surface area contributed by atoms with Gasteiger partial charge in [0.15, 0.2) is 0 Å². The second kappa shape index (κ2) is 5.65. The smallest absolute Gasteiger partial charge is 0.140 e. The van der Waals surface area contributed by atoms with Crippen molar-refractivity contribution in [2.45, 2.75) is 60.0 Å². The predicted molar refractivity (Wildman–Crippen MR) is 73.4 cm³/mol. The number of rotatable bonds is 5. The summed E-state index contributed by atoms with van der Waals surface area (Å²) in [6, 6.07) is 1.88. The molecule has 1 rings (SSSR count). The summed E-state index contributed by atoms with van der Waals surface area (Å²) in [4.78, 5) is 12.0. The highest BCUT2D eigenvalue weighted by molar-refractivity contribution is 5.81. The maximum absolute atomic E-state index is 12.0. The Balaban J connectivity index is 2.65. The highest BCUT2D eigenvalue weighted by Crippen LogP contribution is 2.20. The molecule has 0 radical (unpaired) electrons. The van der Waals surface area contributed by atoms with Gasteiger partial charge < -0.3 is 5.73 Å². The first-order chi connectivity index (χ1) is 8.24. The van der Waals surface area contributed by atoms with Crippen LogP contribution in [0.25, 0.3) is 0 Å². The number of hydrogen-bond donors (Lipinski definition) is 1. The van der Waals surface area contributed by atoms with E-state index in [0.717, 1.165) is 17.9 Å². The Morgan fingerprint density at radius 1 is 1.50 bits per heavy atom. The molecule has 1 aromatic rings. The van der Waals surface area contributed by atoms with Gasteiger partial charge in [0.05, 0.1) is 5.69 Å². The second-order valence-electron chi connectivity index (χ2n) is 5.98. The van der Waals surface area contributed by atoms with E-state index in [-0.39, 0.29) is 17.2 Å². The Morgan fingerprint density at radius 3 is 2.61 bits per heavy atom. The molecule has 0 aliphatic carbocycles. The molecule has 0 aliphatic heterocycles. The van der Waals surface area contributed by atoms with E-state index in [1.54, 1.807) is 0 Å². The first-order valence-electron chi connectivity index (χ1n) is 6.54. The van der Waals surface area contributed by atoms with Gasteiger partial charge in [-0.25, -0.2) is 0 Å². The predicted octanol–water partition coefficient (Wildman–Crippen LogP) is 2.09. The van der Waals surface area contributed by atoms with Crippen LogP contribution in [0.2, 0.25) is 0 Å². The molecule has 18 heavy (non-hydrogen) atoms. The third-order valence-corrected chi connectivity index (χ3v) is 3.22. The largest absolute Gasteiger partial charge is 0.327 e. The zero-order valence-corrected chi connectivity index (χ0v) is 12.2. The molecule has 0 fully saturated rings. The number of carbonyl (C=O) groups excluding carboxylic acids is 1. The lowest BCUT2D eigenvalue weighted by Crippen LogP contribution is -2.37. The number of ketones is 1. The van der Waals surface area contributed by atoms with Crippen LogP contribution < -0.4 is 5.73 Å². The van der Waals surface area contributed by atoms with E-state index in [0.29, 0.717) is 12.8 Å². The number of hydrogen-bond acceptors (Lipinski definition) is 3. The fourth-order valence-electron chi connectivity index (χ4n) is 1.84. The van der Waals surface area contributed by atoms with Crippen molar-refractivity contribution >= 4 is 5.78 Å². The third kappa shape index (κ3) is 3.95. The van der Waals surface area contributed by atoms with Crippen molar-refractivity contribution in [2.24, 2.45) is 11.1 Å². The van der Waals surface area contributed by atoms with Gasteiger partial charge in [0.25, 0.3) is 0 Å². The summed E-state index contributed by atoms with van der Waals surface area (Å²) in [6.45, 7) is 11.0. The van der Waals surface area contributed by atoms with Gasteiger partial charge in [0.2, 0.25) is 0 Å². The fraction of sp³-hybridized carbons (Fsp3) is 0.714. The summed E-state index contributed by atoms with van der Waals surface area (Å²) in [5.74, 6) is 0.187. The summed E-state index contributed by atoms with van der Waals surface area (Å²) in [7, 11) is 0. The Morgan fingerprint density at radius 2 is 2.11 bits per heavy atom. The van der Waals surface area contributed by atoms with Gasteiger partial charge >= 0.3 is 0 Å². The van der Waals surface area contributed by atoms with E-state index in [1.807, 2.05) is 24.6 Å². The zero-order chi connectivity index (χ0) is 13.9. The van der Waals surface area contributed by atoms with Crippen molar-refractivity contribution in [3.8, 4) is 0 Å². The molecule has 0 saturated heterocycles. The molecule has 1 aromatic heterocycles. The molecule has 2 N–H and O–H groups in total. The van der Waals surface area contributed by atoms with Gasteiger partial charge in [0.1, 0.15) is 5.78 Å². The van der Waals surface area contributed by atoms with Crippen LogP contribution in [0.1, 0.15) is 45.5 Å². The van der Waals surface area contributed by atoms with Crippen LogP contribution in [0.4, 0.5) is 0 Å². The molecule has 1 heterocycles. The lowest BCUT2D eigenvalue weighted by atomic mass is 9.84. The van der Waals surface area contributed by atoms with Gasteiger partial charge in [0, 0.05) is 31.1 Å². The number of nitrogens with two attached hydrogens (primary N) is 1. The van der Waals surface area contributed by atoms with Gasteiger partial charge in [-0.3, -0.25) is 9.48 Å². The Labute approximate surface area is 110 Å². The van der Waals surface area contributed by atoms with Crippen LogP contribution in [0.5, 0.6) is 0 Å². The molecule has 4 heteroatoms. The minimum Gasteiger partial charge on any atom is -0.327 e. The summed E-state index contributed by atoms with van der Waals surface area (Å²) in [6.07, 6.45) is 0.857. The Bertz CT molecular complexity index is 415. The summed E-state index contributed by atoms with van der Waals surface area (Å²) in [5, 5.41) is 4.34. The van der Waals surface area contributed by atoms with E-state index >= 15 is 0 Å². The SMILES string of the molecule is CCn1nc(C)cc1CC(=O)CC(N)C(C)(C)C. The first-order valence-corrected chi connectivity index (χ1v) is 6.54. The maximum atomic E-state index is 12.0. The van der Waals surface area contributed by atoms with Crippen molar-refractivity contribution in [3.63, 3.8) is 0 Å². The molecule has 0 saturated carbocycles. The molecule has 0 amide bonds. The topological polar surface area (TPSA) is 60.9 Å². The molecule has 1 atom stereocenters. The second-order valence-corrected chi connectivity index (χ2v) is 5.98. The molecular formula is C14H25N3O. The summed E-state index contributed by atoms with van der Waals surface area (Å²) < 4.78 is 1.88. The lowest BCUT2D eigenvalue weighted by molar-refractivity contribution is -0.119. The van der Waals surface area contributed by atoms with Crippen LogP contribution in [0.3, 0.4) is 0 Å². The van der Waals surface area contributed by atoms with Gasteiger partial charge in [-0.15, -0.1) is 0 Å². The number of aromatic nitrogens is 2. The van der Waals surface area contributed by atoms with E-state index in [2.05, 4.69) is 25.9 Å². The van der Waals surface area contributed by atoms with Gasteiger partial charge in [-0.2, -0.15) is 5.10 Å². The normalized spacial score (nSPS) is 13.7. The molecule has 0 aliphatic rings. The Kier molecular flexibility index (Phi) is 4.68. The van der Waals surface area contributed by atoms with Crippen LogP contribution in [0, 0.1) is 12.3 Å². The number of aryl methyl sites for hydroxylation is 2. The monoisotopic (exact) mass is 251 g/mol. The summed E-state index contributed by atoms with van der Waals surface area (Å²) in [5.41, 5.74) is 7.95. The summed E-state index contributed by atoms with van der Waals surface area (Å²) >= 11 is 0. The standard InChI is InChI=1S/C14H25N3O/c1-6-17-11(7-10(2)16-17)8-12(18)9-13(15)14(3,4)5/h7,13H,6,8-9,15H2,1-5H3. The van der Waals surface area contributed by atoms with E-state index in [4.69, 9.17) is 5.73 Å². The third-order valence-electron chi connectivity index (χ3n) is 3.22. The molecular weight excluding hydrogens is 226 g/mol. The van der Waals surface area contributed by atoms with E-state index in [9.17, 15) is 4.79 Å². The highest BCUT2D eigenvalue weighted by atomic mass is 16.1. The quantitative estimate of drug-likeness (QED) is 0.871. The van der Waals surface area contributed by atoms with E-state index < -0.39 is 0 Å². The first kappa shape index (κ1) is 14.9. The van der Waals surface area contributed by atoms with Crippen molar-refractivity contribution in [1.29, 1.82) is 0 Å². The molecule has 1 unspecified atom stereocenters. The number of Topliss-reactive ketones (excluding diaryl/α,β-unsaturated/α-hetero) is 1. The fourth-order valence-corrected chi connectivity index (χ4v) is 1.84. The molecule has 102 valence electrons. The average Bonchev–Trinajstić information content (AvgIpc) is 2.56.